The molecule has 0 aliphatic heterocycles. The second-order valence-corrected chi connectivity index (χ2v) is 4.82. The molecule has 2 nitrogen and oxygen atoms in total. The predicted molar refractivity (Wildman–Crippen MR) is 77.3 cm³/mol. The van der Waals surface area contributed by atoms with Crippen molar-refractivity contribution < 1.29 is 14.2 Å². The molecule has 0 radical (unpaired) electrons. The molecular weight excluding hydrogens is 255 g/mol. The SMILES string of the molecule is CCc1ccc(C(O)C(C)Oc2ccc(F)cc2)cc1. The van der Waals surface area contributed by atoms with Crippen LogP contribution >= 0.6 is 0 Å². The smallest absolute Gasteiger partial charge is 0.126 e. The first-order chi connectivity index (χ1) is 9.60. The molecule has 20 heavy (non-hydrogen) atoms. The zero-order valence-corrected chi connectivity index (χ0v) is 11.7. The van der Waals surface area contributed by atoms with Crippen molar-refractivity contribution >= 4 is 0 Å². The van der Waals surface area contributed by atoms with Crippen molar-refractivity contribution in [2.75, 3.05) is 0 Å². The van der Waals surface area contributed by atoms with Gasteiger partial charge in [-0.15, -0.1) is 0 Å². The number of aliphatic hydroxyl groups excluding tert-OH is 1. The van der Waals surface area contributed by atoms with Crippen LogP contribution in [-0.4, -0.2) is 11.2 Å². The van der Waals surface area contributed by atoms with E-state index in [4.69, 9.17) is 4.74 Å². The van der Waals surface area contributed by atoms with Crippen LogP contribution in [0, 0.1) is 5.82 Å². The third kappa shape index (κ3) is 3.58. The van der Waals surface area contributed by atoms with Gasteiger partial charge in [0.25, 0.3) is 0 Å². The van der Waals surface area contributed by atoms with Gasteiger partial charge in [0.1, 0.15) is 23.8 Å². The number of benzene rings is 2. The van der Waals surface area contributed by atoms with Crippen molar-refractivity contribution in [3.63, 3.8) is 0 Å². The van der Waals surface area contributed by atoms with E-state index in [-0.39, 0.29) is 5.82 Å². The summed E-state index contributed by atoms with van der Waals surface area (Å²) in [5, 5.41) is 10.3. The zero-order chi connectivity index (χ0) is 14.5. The topological polar surface area (TPSA) is 29.5 Å². The molecule has 0 heterocycles. The van der Waals surface area contributed by atoms with Gasteiger partial charge in [0.2, 0.25) is 0 Å². The Morgan fingerprint density at radius 1 is 1.05 bits per heavy atom. The third-order valence-electron chi connectivity index (χ3n) is 3.31. The predicted octanol–water partition coefficient (Wildman–Crippen LogP) is 3.89. The standard InChI is InChI=1S/C17H19FO2/c1-3-13-4-6-14(7-5-13)17(19)12(2)20-16-10-8-15(18)9-11-16/h4-12,17,19H,3H2,1-2H3. The average Bonchev–Trinajstić information content (AvgIpc) is 2.49. The lowest BCUT2D eigenvalue weighted by atomic mass is 10.0. The van der Waals surface area contributed by atoms with E-state index in [9.17, 15) is 9.50 Å². The highest BCUT2D eigenvalue weighted by molar-refractivity contribution is 5.26. The maximum absolute atomic E-state index is 12.8. The summed E-state index contributed by atoms with van der Waals surface area (Å²) in [7, 11) is 0. The van der Waals surface area contributed by atoms with Crippen LogP contribution in [0.3, 0.4) is 0 Å². The van der Waals surface area contributed by atoms with E-state index in [1.807, 2.05) is 24.3 Å². The highest BCUT2D eigenvalue weighted by atomic mass is 19.1. The van der Waals surface area contributed by atoms with Gasteiger partial charge in [-0.1, -0.05) is 31.2 Å². The molecule has 106 valence electrons. The van der Waals surface area contributed by atoms with Crippen LogP contribution in [0.15, 0.2) is 48.5 Å². The third-order valence-corrected chi connectivity index (χ3v) is 3.31. The highest BCUT2D eigenvalue weighted by Gasteiger charge is 2.18. The first-order valence-corrected chi connectivity index (χ1v) is 6.79. The molecule has 0 aliphatic rings. The molecule has 2 aromatic rings. The Kier molecular flexibility index (Phi) is 4.74. The Hall–Kier alpha value is -1.87. The summed E-state index contributed by atoms with van der Waals surface area (Å²) >= 11 is 0. The van der Waals surface area contributed by atoms with E-state index in [0.717, 1.165) is 12.0 Å². The molecule has 0 saturated carbocycles. The molecule has 2 atom stereocenters. The van der Waals surface area contributed by atoms with E-state index in [2.05, 4.69) is 6.92 Å². The first-order valence-electron chi connectivity index (χ1n) is 6.79. The fourth-order valence-corrected chi connectivity index (χ4v) is 2.01. The van der Waals surface area contributed by atoms with Gasteiger partial charge in [0.05, 0.1) is 0 Å². The number of aryl methyl sites for hydroxylation is 1. The molecule has 2 unspecified atom stereocenters. The maximum atomic E-state index is 12.8. The largest absolute Gasteiger partial charge is 0.488 e. The summed E-state index contributed by atoms with van der Waals surface area (Å²) in [5.41, 5.74) is 2.05. The number of hydrogen-bond donors (Lipinski definition) is 1. The summed E-state index contributed by atoms with van der Waals surface area (Å²) in [4.78, 5) is 0. The lowest BCUT2D eigenvalue weighted by Crippen LogP contribution is -2.21. The quantitative estimate of drug-likeness (QED) is 0.896. The fraction of sp³-hybridized carbons (Fsp3) is 0.294. The van der Waals surface area contributed by atoms with Crippen LogP contribution in [0.5, 0.6) is 5.75 Å². The molecular formula is C17H19FO2. The first kappa shape index (κ1) is 14.5. The van der Waals surface area contributed by atoms with Crippen molar-refractivity contribution in [1.82, 2.24) is 0 Å². The van der Waals surface area contributed by atoms with Gasteiger partial charge in [-0.05, 0) is 48.7 Å². The second-order valence-electron chi connectivity index (χ2n) is 4.82. The van der Waals surface area contributed by atoms with Gasteiger partial charge in [0.15, 0.2) is 0 Å². The van der Waals surface area contributed by atoms with Gasteiger partial charge in [-0.3, -0.25) is 0 Å². The molecule has 0 bridgehead atoms. The Morgan fingerprint density at radius 3 is 2.20 bits per heavy atom. The molecule has 1 N–H and O–H groups in total. The molecule has 0 amide bonds. The minimum atomic E-state index is -0.717. The fourth-order valence-electron chi connectivity index (χ4n) is 2.01. The normalized spacial score (nSPS) is 13.8. The minimum Gasteiger partial charge on any atom is -0.488 e. The van der Waals surface area contributed by atoms with Crippen LogP contribution in [-0.2, 0) is 6.42 Å². The Balaban J connectivity index is 2.03. The molecule has 0 saturated heterocycles. The van der Waals surface area contributed by atoms with Crippen LogP contribution in [0.25, 0.3) is 0 Å². The van der Waals surface area contributed by atoms with E-state index in [1.165, 1.54) is 17.7 Å². The molecule has 0 fully saturated rings. The average molecular weight is 274 g/mol. The van der Waals surface area contributed by atoms with Crippen molar-refractivity contribution in [1.29, 1.82) is 0 Å². The molecule has 3 heteroatoms. The summed E-state index contributed by atoms with van der Waals surface area (Å²) in [6.07, 6.45) is -0.156. The molecule has 2 aromatic carbocycles. The molecule has 2 rings (SSSR count). The van der Waals surface area contributed by atoms with Crippen LogP contribution in [0.4, 0.5) is 4.39 Å². The van der Waals surface area contributed by atoms with Gasteiger partial charge < -0.3 is 9.84 Å². The second kappa shape index (κ2) is 6.53. The highest BCUT2D eigenvalue weighted by Crippen LogP contribution is 2.22. The van der Waals surface area contributed by atoms with Crippen LogP contribution in [0.1, 0.15) is 31.1 Å². The Morgan fingerprint density at radius 2 is 1.65 bits per heavy atom. The summed E-state index contributed by atoms with van der Waals surface area (Å²) in [6, 6.07) is 13.6. The molecule has 0 aliphatic carbocycles. The molecule has 0 aromatic heterocycles. The van der Waals surface area contributed by atoms with Gasteiger partial charge in [-0.2, -0.15) is 0 Å². The van der Waals surface area contributed by atoms with Crippen molar-refractivity contribution in [2.24, 2.45) is 0 Å². The van der Waals surface area contributed by atoms with E-state index in [1.54, 1.807) is 19.1 Å². The van der Waals surface area contributed by atoms with Crippen molar-refractivity contribution in [2.45, 2.75) is 32.5 Å². The number of ether oxygens (including phenoxy) is 1. The summed E-state index contributed by atoms with van der Waals surface area (Å²) in [5.74, 6) is 0.240. The van der Waals surface area contributed by atoms with Gasteiger partial charge in [-0.25, -0.2) is 4.39 Å². The van der Waals surface area contributed by atoms with Crippen molar-refractivity contribution in [3.05, 3.63) is 65.5 Å². The number of aliphatic hydroxyl groups is 1. The Bertz CT molecular complexity index is 534. The van der Waals surface area contributed by atoms with E-state index >= 15 is 0 Å². The summed E-state index contributed by atoms with van der Waals surface area (Å²) < 4.78 is 18.4. The summed E-state index contributed by atoms with van der Waals surface area (Å²) in [6.45, 7) is 3.88. The lowest BCUT2D eigenvalue weighted by molar-refractivity contribution is 0.0467. The maximum Gasteiger partial charge on any atom is 0.126 e. The minimum absolute atomic E-state index is 0.305. The molecule has 0 spiro atoms. The monoisotopic (exact) mass is 274 g/mol. The number of hydrogen-bond acceptors (Lipinski definition) is 2. The number of halogens is 1. The Labute approximate surface area is 118 Å². The van der Waals surface area contributed by atoms with Crippen LogP contribution < -0.4 is 4.74 Å². The lowest BCUT2D eigenvalue weighted by Gasteiger charge is -2.21. The van der Waals surface area contributed by atoms with E-state index in [0.29, 0.717) is 5.75 Å². The van der Waals surface area contributed by atoms with E-state index < -0.39 is 12.2 Å². The van der Waals surface area contributed by atoms with Gasteiger partial charge >= 0.3 is 0 Å². The van der Waals surface area contributed by atoms with Crippen molar-refractivity contribution in [3.8, 4) is 5.75 Å². The van der Waals surface area contributed by atoms with Gasteiger partial charge in [0, 0.05) is 0 Å². The van der Waals surface area contributed by atoms with Crippen LogP contribution in [0.2, 0.25) is 0 Å². The zero-order valence-electron chi connectivity index (χ0n) is 11.7. The number of rotatable bonds is 5.